The summed E-state index contributed by atoms with van der Waals surface area (Å²) < 4.78 is 6.08. The van der Waals surface area contributed by atoms with Crippen molar-refractivity contribution in [3.8, 4) is 0 Å². The predicted molar refractivity (Wildman–Crippen MR) is 66.1 cm³/mol. The summed E-state index contributed by atoms with van der Waals surface area (Å²) in [6.07, 6.45) is 4.43. The van der Waals surface area contributed by atoms with Gasteiger partial charge in [-0.05, 0) is 44.9 Å². The van der Waals surface area contributed by atoms with Gasteiger partial charge in [-0.3, -0.25) is 4.98 Å². The second-order valence-electron chi connectivity index (χ2n) is 4.79. The second kappa shape index (κ2) is 5.41. The van der Waals surface area contributed by atoms with E-state index in [4.69, 9.17) is 10.5 Å². The average Bonchev–Trinajstić information content (AvgIpc) is 2.27. The Balaban J connectivity index is 2.85. The number of hydrogen-bond acceptors (Lipinski definition) is 3. The fraction of sp³-hybridized carbons (Fsp3) is 0.615. The molecule has 0 aliphatic rings. The molecule has 0 bridgehead atoms. The largest absolute Gasteiger partial charge is 0.366 e. The van der Waals surface area contributed by atoms with Gasteiger partial charge in [0.05, 0.1) is 11.7 Å². The molecule has 1 aromatic rings. The molecule has 1 heterocycles. The molecule has 0 amide bonds. The molecular formula is C13H22N2O. The van der Waals surface area contributed by atoms with Gasteiger partial charge >= 0.3 is 0 Å². The van der Waals surface area contributed by atoms with Crippen LogP contribution >= 0.6 is 0 Å². The molecular weight excluding hydrogens is 200 g/mol. The van der Waals surface area contributed by atoms with Crippen LogP contribution < -0.4 is 5.73 Å². The normalized spacial score (nSPS) is 15.8. The molecule has 90 valence electrons. The number of rotatable bonds is 5. The van der Waals surface area contributed by atoms with Gasteiger partial charge in [0.15, 0.2) is 0 Å². The van der Waals surface area contributed by atoms with Gasteiger partial charge in [0.2, 0.25) is 0 Å². The van der Waals surface area contributed by atoms with Gasteiger partial charge in [-0.25, -0.2) is 0 Å². The SMILES string of the molecule is CCC(C)(C)OC(c1ccncc1)C(C)N. The van der Waals surface area contributed by atoms with Gasteiger partial charge in [-0.15, -0.1) is 0 Å². The summed E-state index contributed by atoms with van der Waals surface area (Å²) in [5, 5.41) is 0. The van der Waals surface area contributed by atoms with E-state index in [9.17, 15) is 0 Å². The lowest BCUT2D eigenvalue weighted by atomic mass is 10.0. The number of ether oxygens (including phenoxy) is 1. The number of nitrogens with zero attached hydrogens (tertiary/aromatic N) is 1. The van der Waals surface area contributed by atoms with Crippen LogP contribution in [0, 0.1) is 0 Å². The summed E-state index contributed by atoms with van der Waals surface area (Å²) in [6, 6.07) is 3.88. The van der Waals surface area contributed by atoms with Gasteiger partial charge < -0.3 is 10.5 Å². The van der Waals surface area contributed by atoms with Crippen LogP contribution in [0.15, 0.2) is 24.5 Å². The molecule has 0 aliphatic heterocycles. The quantitative estimate of drug-likeness (QED) is 0.833. The first kappa shape index (κ1) is 13.1. The van der Waals surface area contributed by atoms with Crippen LogP contribution in [0.5, 0.6) is 0 Å². The standard InChI is InChI=1S/C13H22N2O/c1-5-13(3,4)16-12(10(2)14)11-6-8-15-9-7-11/h6-10,12H,5,14H2,1-4H3. The molecule has 16 heavy (non-hydrogen) atoms. The molecule has 1 aromatic heterocycles. The zero-order valence-electron chi connectivity index (χ0n) is 10.6. The van der Waals surface area contributed by atoms with Crippen molar-refractivity contribution in [1.82, 2.24) is 4.98 Å². The van der Waals surface area contributed by atoms with Crippen molar-refractivity contribution >= 4 is 0 Å². The average molecular weight is 222 g/mol. The van der Waals surface area contributed by atoms with E-state index in [1.807, 2.05) is 19.1 Å². The number of aromatic nitrogens is 1. The number of hydrogen-bond donors (Lipinski definition) is 1. The fourth-order valence-electron chi connectivity index (χ4n) is 1.46. The lowest BCUT2D eigenvalue weighted by Gasteiger charge is -2.32. The Kier molecular flexibility index (Phi) is 4.44. The zero-order chi connectivity index (χ0) is 12.2. The number of pyridine rings is 1. The first-order valence-corrected chi connectivity index (χ1v) is 5.79. The Morgan fingerprint density at radius 3 is 2.38 bits per heavy atom. The summed E-state index contributed by atoms with van der Waals surface area (Å²) in [7, 11) is 0. The second-order valence-corrected chi connectivity index (χ2v) is 4.79. The van der Waals surface area contributed by atoms with Crippen molar-refractivity contribution in [2.24, 2.45) is 5.73 Å². The molecule has 3 heteroatoms. The van der Waals surface area contributed by atoms with Crippen LogP contribution in [0.4, 0.5) is 0 Å². The predicted octanol–water partition coefficient (Wildman–Crippen LogP) is 2.68. The Morgan fingerprint density at radius 2 is 1.94 bits per heavy atom. The summed E-state index contributed by atoms with van der Waals surface area (Å²) in [6.45, 7) is 8.26. The molecule has 0 saturated carbocycles. The third-order valence-corrected chi connectivity index (χ3v) is 2.81. The van der Waals surface area contributed by atoms with Gasteiger partial charge in [-0.2, -0.15) is 0 Å². The van der Waals surface area contributed by atoms with Crippen molar-refractivity contribution in [3.63, 3.8) is 0 Å². The molecule has 0 saturated heterocycles. The Bertz CT molecular complexity index is 309. The molecule has 2 atom stereocenters. The zero-order valence-corrected chi connectivity index (χ0v) is 10.6. The molecule has 0 spiro atoms. The maximum absolute atomic E-state index is 6.08. The Hall–Kier alpha value is -0.930. The first-order chi connectivity index (χ1) is 7.46. The van der Waals surface area contributed by atoms with Crippen molar-refractivity contribution in [1.29, 1.82) is 0 Å². The van der Waals surface area contributed by atoms with E-state index in [1.54, 1.807) is 12.4 Å². The third-order valence-electron chi connectivity index (χ3n) is 2.81. The summed E-state index contributed by atoms with van der Waals surface area (Å²) in [5.41, 5.74) is 6.92. The molecule has 0 fully saturated rings. The summed E-state index contributed by atoms with van der Waals surface area (Å²) >= 11 is 0. The molecule has 2 N–H and O–H groups in total. The van der Waals surface area contributed by atoms with Crippen molar-refractivity contribution in [2.45, 2.75) is 51.9 Å². The topological polar surface area (TPSA) is 48.1 Å². The van der Waals surface area contributed by atoms with Crippen LogP contribution in [0.25, 0.3) is 0 Å². The van der Waals surface area contributed by atoms with Crippen molar-refractivity contribution in [3.05, 3.63) is 30.1 Å². The highest BCUT2D eigenvalue weighted by Crippen LogP contribution is 2.27. The highest BCUT2D eigenvalue weighted by molar-refractivity contribution is 5.15. The van der Waals surface area contributed by atoms with Crippen LogP contribution in [0.2, 0.25) is 0 Å². The summed E-state index contributed by atoms with van der Waals surface area (Å²) in [5.74, 6) is 0. The number of nitrogens with two attached hydrogens (primary N) is 1. The van der Waals surface area contributed by atoms with E-state index < -0.39 is 0 Å². The van der Waals surface area contributed by atoms with Gasteiger partial charge in [0.25, 0.3) is 0 Å². The fourth-order valence-corrected chi connectivity index (χ4v) is 1.46. The summed E-state index contributed by atoms with van der Waals surface area (Å²) in [4.78, 5) is 4.01. The lowest BCUT2D eigenvalue weighted by Crippen LogP contribution is -2.34. The molecule has 0 aliphatic carbocycles. The Labute approximate surface area is 98.0 Å². The molecule has 0 radical (unpaired) electrons. The highest BCUT2D eigenvalue weighted by Gasteiger charge is 2.25. The van der Waals surface area contributed by atoms with Crippen molar-refractivity contribution < 1.29 is 4.74 Å². The van der Waals surface area contributed by atoms with E-state index >= 15 is 0 Å². The van der Waals surface area contributed by atoms with E-state index in [-0.39, 0.29) is 17.7 Å². The monoisotopic (exact) mass is 222 g/mol. The molecule has 3 nitrogen and oxygen atoms in total. The van der Waals surface area contributed by atoms with E-state index in [1.165, 1.54) is 0 Å². The van der Waals surface area contributed by atoms with Crippen LogP contribution in [-0.2, 0) is 4.74 Å². The molecule has 0 aromatic carbocycles. The van der Waals surface area contributed by atoms with Crippen LogP contribution in [-0.4, -0.2) is 16.6 Å². The first-order valence-electron chi connectivity index (χ1n) is 5.79. The lowest BCUT2D eigenvalue weighted by molar-refractivity contribution is -0.0833. The van der Waals surface area contributed by atoms with Gasteiger partial charge in [-0.1, -0.05) is 6.92 Å². The van der Waals surface area contributed by atoms with Crippen LogP contribution in [0.1, 0.15) is 45.8 Å². The minimum Gasteiger partial charge on any atom is -0.366 e. The third kappa shape index (κ3) is 3.58. The van der Waals surface area contributed by atoms with Crippen molar-refractivity contribution in [2.75, 3.05) is 0 Å². The van der Waals surface area contributed by atoms with E-state index in [2.05, 4.69) is 25.8 Å². The van der Waals surface area contributed by atoms with Crippen LogP contribution in [0.3, 0.4) is 0 Å². The smallest absolute Gasteiger partial charge is 0.0981 e. The van der Waals surface area contributed by atoms with Gasteiger partial charge in [0.1, 0.15) is 0 Å². The van der Waals surface area contributed by atoms with E-state index in [0.29, 0.717) is 0 Å². The maximum atomic E-state index is 6.08. The minimum atomic E-state index is -0.151. The maximum Gasteiger partial charge on any atom is 0.0981 e. The highest BCUT2D eigenvalue weighted by atomic mass is 16.5. The Morgan fingerprint density at radius 1 is 1.38 bits per heavy atom. The molecule has 2 unspecified atom stereocenters. The minimum absolute atomic E-state index is 0.0341. The van der Waals surface area contributed by atoms with Gasteiger partial charge in [0, 0.05) is 18.4 Å². The van der Waals surface area contributed by atoms with E-state index in [0.717, 1.165) is 12.0 Å². The molecule has 1 rings (SSSR count).